The Bertz CT molecular complexity index is 283. The molecule has 2 heterocycles. The van der Waals surface area contributed by atoms with Gasteiger partial charge < -0.3 is 9.84 Å². The lowest BCUT2D eigenvalue weighted by atomic mass is 9.90. The molecule has 2 nitrogen and oxygen atoms in total. The summed E-state index contributed by atoms with van der Waals surface area (Å²) in [5.74, 6) is 0. The first kappa shape index (κ1) is 10.1. The number of aliphatic hydroxyl groups is 1. The lowest BCUT2D eigenvalue weighted by Crippen LogP contribution is -2.36. The van der Waals surface area contributed by atoms with Crippen molar-refractivity contribution in [2.45, 2.75) is 37.9 Å². The fraction of sp³-hybridized carbons (Fsp3) is 0.636. The van der Waals surface area contributed by atoms with Gasteiger partial charge in [-0.25, -0.2) is 0 Å². The van der Waals surface area contributed by atoms with Crippen LogP contribution in [0.4, 0.5) is 0 Å². The molecule has 3 heteroatoms. The Kier molecular flexibility index (Phi) is 2.91. The van der Waals surface area contributed by atoms with Crippen molar-refractivity contribution in [3.05, 3.63) is 22.4 Å². The predicted octanol–water partition coefficient (Wildman–Crippen LogP) is 2.22. The average Bonchev–Trinajstić information content (AvgIpc) is 2.75. The van der Waals surface area contributed by atoms with E-state index in [1.165, 1.54) is 5.56 Å². The van der Waals surface area contributed by atoms with E-state index in [9.17, 15) is 5.11 Å². The molecule has 1 saturated heterocycles. The molecule has 1 aromatic rings. The Morgan fingerprint density at radius 2 is 2.57 bits per heavy atom. The highest BCUT2D eigenvalue weighted by atomic mass is 32.1. The number of hydrogen-bond acceptors (Lipinski definition) is 3. The van der Waals surface area contributed by atoms with Gasteiger partial charge in [0.2, 0.25) is 0 Å². The lowest BCUT2D eigenvalue weighted by Gasteiger charge is -2.25. The van der Waals surface area contributed by atoms with Crippen LogP contribution >= 0.6 is 11.3 Å². The van der Waals surface area contributed by atoms with E-state index in [4.69, 9.17) is 4.74 Å². The second-order valence-corrected chi connectivity index (χ2v) is 4.78. The summed E-state index contributed by atoms with van der Waals surface area (Å²) in [6, 6.07) is 2.12. The van der Waals surface area contributed by atoms with Crippen molar-refractivity contribution in [2.24, 2.45) is 0 Å². The number of aryl methyl sites for hydroxylation is 1. The second kappa shape index (κ2) is 4.01. The molecule has 0 aliphatic carbocycles. The zero-order valence-corrected chi connectivity index (χ0v) is 9.22. The first-order valence-electron chi connectivity index (χ1n) is 5.06. The summed E-state index contributed by atoms with van der Waals surface area (Å²) in [5, 5.41) is 14.5. The van der Waals surface area contributed by atoms with Crippen molar-refractivity contribution in [1.82, 2.24) is 0 Å². The molecule has 14 heavy (non-hydrogen) atoms. The zero-order valence-electron chi connectivity index (χ0n) is 8.40. The molecule has 0 radical (unpaired) electrons. The summed E-state index contributed by atoms with van der Waals surface area (Å²) >= 11 is 1.71. The molecule has 2 unspecified atom stereocenters. The number of thiophene rings is 1. The molecule has 0 spiro atoms. The summed E-state index contributed by atoms with van der Waals surface area (Å²) in [6.45, 7) is 2.65. The van der Waals surface area contributed by atoms with Crippen LogP contribution in [0, 0.1) is 0 Å². The van der Waals surface area contributed by atoms with Crippen molar-refractivity contribution < 1.29 is 9.84 Å². The molecule has 0 bridgehead atoms. The van der Waals surface area contributed by atoms with Gasteiger partial charge in [-0.2, -0.15) is 11.3 Å². The van der Waals surface area contributed by atoms with E-state index in [-0.39, 0.29) is 6.10 Å². The molecule has 2 atom stereocenters. The van der Waals surface area contributed by atoms with Gasteiger partial charge >= 0.3 is 0 Å². The zero-order chi connectivity index (χ0) is 10.0. The highest BCUT2D eigenvalue weighted by Gasteiger charge is 2.38. The van der Waals surface area contributed by atoms with Crippen LogP contribution in [-0.4, -0.2) is 23.4 Å². The van der Waals surface area contributed by atoms with Crippen molar-refractivity contribution in [3.8, 4) is 0 Å². The van der Waals surface area contributed by atoms with Crippen LogP contribution in [-0.2, 0) is 11.2 Å². The molecule has 2 rings (SSSR count). The van der Waals surface area contributed by atoms with Crippen molar-refractivity contribution in [1.29, 1.82) is 0 Å². The van der Waals surface area contributed by atoms with Crippen LogP contribution in [0.5, 0.6) is 0 Å². The highest BCUT2D eigenvalue weighted by molar-refractivity contribution is 7.07. The minimum atomic E-state index is -0.595. The van der Waals surface area contributed by atoms with Gasteiger partial charge in [-0.15, -0.1) is 0 Å². The minimum Gasteiger partial charge on any atom is -0.387 e. The minimum absolute atomic E-state index is 0.0128. The topological polar surface area (TPSA) is 29.5 Å². The Balaban J connectivity index is 1.91. The summed E-state index contributed by atoms with van der Waals surface area (Å²) in [7, 11) is 0. The molecular weight excluding hydrogens is 196 g/mol. The summed E-state index contributed by atoms with van der Waals surface area (Å²) in [5.41, 5.74) is 0.726. The number of ether oxygens (including phenoxy) is 1. The Morgan fingerprint density at radius 3 is 3.14 bits per heavy atom. The Hall–Kier alpha value is -0.380. The average molecular weight is 212 g/mol. The summed E-state index contributed by atoms with van der Waals surface area (Å²) in [4.78, 5) is 0. The van der Waals surface area contributed by atoms with Crippen LogP contribution in [0.15, 0.2) is 16.8 Å². The van der Waals surface area contributed by atoms with Gasteiger partial charge in [-0.3, -0.25) is 0 Å². The van der Waals surface area contributed by atoms with Gasteiger partial charge in [-0.05, 0) is 42.2 Å². The third-order valence-corrected chi connectivity index (χ3v) is 3.82. The van der Waals surface area contributed by atoms with E-state index in [2.05, 4.69) is 16.8 Å². The maximum Gasteiger partial charge on any atom is 0.0930 e. The molecule has 1 fully saturated rings. The smallest absolute Gasteiger partial charge is 0.0930 e. The molecule has 0 saturated carbocycles. The van der Waals surface area contributed by atoms with Crippen LogP contribution < -0.4 is 0 Å². The van der Waals surface area contributed by atoms with Crippen molar-refractivity contribution in [3.63, 3.8) is 0 Å². The predicted molar refractivity (Wildman–Crippen MR) is 57.6 cm³/mol. The molecule has 1 aliphatic rings. The molecule has 1 N–H and O–H groups in total. The van der Waals surface area contributed by atoms with Crippen LogP contribution in [0.2, 0.25) is 0 Å². The first-order valence-corrected chi connectivity index (χ1v) is 6.00. The molecule has 78 valence electrons. The van der Waals surface area contributed by atoms with Gasteiger partial charge in [-0.1, -0.05) is 0 Å². The van der Waals surface area contributed by atoms with Crippen LogP contribution in [0.1, 0.15) is 25.3 Å². The molecule has 0 aromatic carbocycles. The molecule has 1 aromatic heterocycles. The van der Waals surface area contributed by atoms with Gasteiger partial charge in [0.25, 0.3) is 0 Å². The third-order valence-electron chi connectivity index (χ3n) is 3.09. The highest BCUT2D eigenvalue weighted by Crippen LogP contribution is 2.30. The second-order valence-electron chi connectivity index (χ2n) is 4.00. The van der Waals surface area contributed by atoms with Gasteiger partial charge in [0, 0.05) is 13.0 Å². The van der Waals surface area contributed by atoms with Gasteiger partial charge in [0.15, 0.2) is 0 Å². The fourth-order valence-electron chi connectivity index (χ4n) is 1.89. The third kappa shape index (κ3) is 2.00. The van der Waals surface area contributed by atoms with Crippen molar-refractivity contribution >= 4 is 11.3 Å². The normalized spacial score (nSPS) is 32.3. The molecular formula is C11H16O2S. The fourth-order valence-corrected chi connectivity index (χ4v) is 2.60. The van der Waals surface area contributed by atoms with E-state index in [1.807, 2.05) is 6.92 Å². The van der Waals surface area contributed by atoms with Crippen LogP contribution in [0.25, 0.3) is 0 Å². The first-order chi connectivity index (χ1) is 6.71. The Labute approximate surface area is 88.5 Å². The molecule has 1 aliphatic heterocycles. The monoisotopic (exact) mass is 212 g/mol. The van der Waals surface area contributed by atoms with E-state index >= 15 is 0 Å². The van der Waals surface area contributed by atoms with E-state index < -0.39 is 5.60 Å². The van der Waals surface area contributed by atoms with E-state index in [1.54, 1.807) is 11.3 Å². The SMILES string of the molecule is CC1OCCC1(O)CCc1ccsc1. The summed E-state index contributed by atoms with van der Waals surface area (Å²) < 4.78 is 5.39. The number of rotatable bonds is 3. The lowest BCUT2D eigenvalue weighted by molar-refractivity contribution is -0.0327. The van der Waals surface area contributed by atoms with Crippen molar-refractivity contribution in [2.75, 3.05) is 6.61 Å². The van der Waals surface area contributed by atoms with E-state index in [0.29, 0.717) is 6.61 Å². The number of hydrogen-bond donors (Lipinski definition) is 1. The van der Waals surface area contributed by atoms with E-state index in [0.717, 1.165) is 19.3 Å². The maximum absolute atomic E-state index is 10.2. The summed E-state index contributed by atoms with van der Waals surface area (Å²) in [6.07, 6.45) is 2.53. The Morgan fingerprint density at radius 1 is 1.71 bits per heavy atom. The van der Waals surface area contributed by atoms with Gasteiger partial charge in [0.05, 0.1) is 11.7 Å². The molecule has 0 amide bonds. The van der Waals surface area contributed by atoms with Gasteiger partial charge in [0.1, 0.15) is 0 Å². The van der Waals surface area contributed by atoms with Crippen LogP contribution in [0.3, 0.4) is 0 Å². The maximum atomic E-state index is 10.2. The quantitative estimate of drug-likeness (QED) is 0.832. The standard InChI is InChI=1S/C11H16O2S/c1-9-11(12,5-6-13-9)4-2-10-3-7-14-8-10/h3,7-9,12H,2,4-6H2,1H3. The largest absolute Gasteiger partial charge is 0.387 e.